The molecule has 0 bridgehead atoms. The summed E-state index contributed by atoms with van der Waals surface area (Å²) < 4.78 is 5.63. The smallest absolute Gasteiger partial charge is 0.310 e. The van der Waals surface area contributed by atoms with E-state index in [4.69, 9.17) is 9.72 Å². The van der Waals surface area contributed by atoms with Crippen LogP contribution in [0.1, 0.15) is 80.3 Å². The fourth-order valence-corrected chi connectivity index (χ4v) is 8.85. The van der Waals surface area contributed by atoms with E-state index in [1.54, 1.807) is 0 Å². The van der Waals surface area contributed by atoms with Gasteiger partial charge in [-0.05, 0) is 86.0 Å². The number of anilines is 1. The number of ether oxygens (including phenoxy) is 1. The monoisotopic (exact) mass is 579 g/mol. The number of carbonyl (C=O) groups is 2. The van der Waals surface area contributed by atoms with Crippen molar-refractivity contribution in [1.82, 2.24) is 10.3 Å². The second-order valence-electron chi connectivity index (χ2n) is 14.1. The zero-order chi connectivity index (χ0) is 30.7. The van der Waals surface area contributed by atoms with E-state index in [2.05, 4.69) is 37.9 Å². The number of nitrogens with one attached hydrogen (secondary N) is 1. The van der Waals surface area contributed by atoms with Crippen LogP contribution in [0.25, 0.3) is 11.1 Å². The molecule has 3 unspecified atom stereocenters. The lowest BCUT2D eigenvalue weighted by Crippen LogP contribution is -2.55. The van der Waals surface area contributed by atoms with Gasteiger partial charge in [0.15, 0.2) is 0 Å². The van der Waals surface area contributed by atoms with E-state index >= 15 is 0 Å². The Morgan fingerprint density at radius 3 is 2.30 bits per heavy atom. The molecule has 3 aliphatic rings. The summed E-state index contributed by atoms with van der Waals surface area (Å²) in [5.41, 5.74) is 8.58. The van der Waals surface area contributed by atoms with Crippen LogP contribution in [0.4, 0.5) is 5.69 Å². The number of hydrogen-bond acceptors (Lipinski definition) is 5. The maximum atomic E-state index is 13.1. The van der Waals surface area contributed by atoms with Crippen molar-refractivity contribution in [2.75, 3.05) is 18.0 Å². The van der Waals surface area contributed by atoms with E-state index in [1.165, 1.54) is 12.8 Å². The molecule has 1 aliphatic heterocycles. The van der Waals surface area contributed by atoms with Crippen molar-refractivity contribution in [2.45, 2.75) is 80.4 Å². The third-order valence-electron chi connectivity index (χ3n) is 11.0. The van der Waals surface area contributed by atoms with Crippen LogP contribution in [0.3, 0.4) is 0 Å². The van der Waals surface area contributed by atoms with Crippen molar-refractivity contribution in [3.63, 3.8) is 0 Å². The van der Waals surface area contributed by atoms with Crippen LogP contribution < -0.4 is 10.2 Å². The minimum absolute atomic E-state index is 0.104. The van der Waals surface area contributed by atoms with E-state index in [0.29, 0.717) is 28.9 Å². The average molecular weight is 580 g/mol. The molecule has 3 aromatic rings. The fourth-order valence-electron chi connectivity index (χ4n) is 8.85. The highest BCUT2D eigenvalue weighted by atomic mass is 16.5. The summed E-state index contributed by atoms with van der Waals surface area (Å²) in [5, 5.41) is 3.03. The molecule has 1 spiro atoms. The summed E-state index contributed by atoms with van der Waals surface area (Å²) in [5.74, 6) is 0.294. The third-order valence-corrected chi connectivity index (χ3v) is 11.0. The molecule has 1 N–H and O–H groups in total. The molecular formula is C37H45N3O3. The van der Waals surface area contributed by atoms with E-state index in [9.17, 15) is 9.59 Å². The topological polar surface area (TPSA) is 71.5 Å². The summed E-state index contributed by atoms with van der Waals surface area (Å²) in [6.07, 6.45) is 2.56. The Hall–Kier alpha value is -3.67. The lowest BCUT2D eigenvalue weighted by Gasteiger charge is -2.56. The highest BCUT2D eigenvalue weighted by molar-refractivity contribution is 5.95. The summed E-state index contributed by atoms with van der Waals surface area (Å²) in [6.45, 7) is 17.6. The lowest BCUT2D eigenvalue weighted by atomic mass is 9.53. The van der Waals surface area contributed by atoms with E-state index < -0.39 is 0 Å². The Balaban J connectivity index is 1.37. The van der Waals surface area contributed by atoms with Gasteiger partial charge in [-0.2, -0.15) is 0 Å². The summed E-state index contributed by atoms with van der Waals surface area (Å²) in [4.78, 5) is 33.6. The molecule has 1 aromatic heterocycles. The van der Waals surface area contributed by atoms with Crippen LogP contribution in [0.15, 0.2) is 54.6 Å². The first-order valence-electron chi connectivity index (χ1n) is 15.7. The van der Waals surface area contributed by atoms with Gasteiger partial charge in [-0.15, -0.1) is 0 Å². The molecule has 6 nitrogen and oxygen atoms in total. The lowest BCUT2D eigenvalue weighted by molar-refractivity contribution is -0.146. The Labute approximate surface area is 256 Å². The first-order chi connectivity index (χ1) is 20.4. The number of esters is 1. The molecular weight excluding hydrogens is 534 g/mol. The molecule has 6 heteroatoms. The minimum atomic E-state index is -0.227. The number of pyridine rings is 1. The van der Waals surface area contributed by atoms with Crippen molar-refractivity contribution in [3.8, 4) is 11.1 Å². The van der Waals surface area contributed by atoms with Crippen LogP contribution in [-0.2, 0) is 22.5 Å². The highest BCUT2D eigenvalue weighted by Crippen LogP contribution is 2.86. The molecule has 43 heavy (non-hydrogen) atoms. The molecule has 2 heterocycles. The molecule has 1 saturated heterocycles. The number of piperidine rings is 1. The van der Waals surface area contributed by atoms with Crippen LogP contribution in [0, 0.1) is 36.0 Å². The number of aromatic nitrogens is 1. The van der Waals surface area contributed by atoms with E-state index in [0.717, 1.165) is 52.4 Å². The zero-order valence-corrected chi connectivity index (χ0v) is 26.7. The maximum absolute atomic E-state index is 13.1. The number of carbonyl (C=O) groups excluding carboxylic acids is 2. The second kappa shape index (κ2) is 10.5. The van der Waals surface area contributed by atoms with Gasteiger partial charge >= 0.3 is 5.97 Å². The fraction of sp³-hybridized carbons (Fsp3) is 0.486. The van der Waals surface area contributed by atoms with Crippen molar-refractivity contribution in [1.29, 1.82) is 0 Å². The zero-order valence-electron chi connectivity index (χ0n) is 26.7. The molecule has 0 radical (unpaired) electrons. The van der Waals surface area contributed by atoms with Crippen LogP contribution >= 0.6 is 0 Å². The minimum Gasteiger partial charge on any atom is -0.463 e. The largest absolute Gasteiger partial charge is 0.463 e. The van der Waals surface area contributed by atoms with Gasteiger partial charge in [-0.3, -0.25) is 14.6 Å². The summed E-state index contributed by atoms with van der Waals surface area (Å²) in [7, 11) is 0. The highest BCUT2D eigenvalue weighted by Gasteiger charge is 2.82. The number of amides is 1. The van der Waals surface area contributed by atoms with Gasteiger partial charge in [0.05, 0.1) is 18.2 Å². The van der Waals surface area contributed by atoms with Gasteiger partial charge < -0.3 is 15.0 Å². The Morgan fingerprint density at radius 2 is 1.70 bits per heavy atom. The second-order valence-corrected chi connectivity index (χ2v) is 14.1. The van der Waals surface area contributed by atoms with Crippen LogP contribution in [0.2, 0.25) is 0 Å². The Bertz CT molecular complexity index is 1560. The van der Waals surface area contributed by atoms with Gasteiger partial charge in [0.2, 0.25) is 0 Å². The number of nitrogens with zero attached hydrogens (tertiary/aromatic N) is 2. The first kappa shape index (κ1) is 29.4. The van der Waals surface area contributed by atoms with E-state index in [-0.39, 0.29) is 29.8 Å². The molecule has 3 atom stereocenters. The summed E-state index contributed by atoms with van der Waals surface area (Å²) in [6, 6.07) is 17.8. The van der Waals surface area contributed by atoms with Gasteiger partial charge in [0.25, 0.3) is 5.91 Å². The number of hydrogen-bond donors (Lipinski definition) is 1. The predicted molar refractivity (Wildman–Crippen MR) is 171 cm³/mol. The SMILES string of the molecule is Cc1nc(C)c(-c2ccc(C(=O)NCc3ccccc3)cc2)c(N2CC3C(C)(C)C34CCC4(C)C2)c1CC(=O)OC(C)C. The molecule has 3 fully saturated rings. The first-order valence-corrected chi connectivity index (χ1v) is 15.7. The van der Waals surface area contributed by atoms with Crippen LogP contribution in [-0.4, -0.2) is 36.1 Å². The Kier molecular flexibility index (Phi) is 7.18. The quantitative estimate of drug-likeness (QED) is 0.290. The number of benzene rings is 2. The van der Waals surface area contributed by atoms with Gasteiger partial charge in [-0.1, -0.05) is 63.2 Å². The van der Waals surface area contributed by atoms with Crippen molar-refractivity contribution < 1.29 is 14.3 Å². The number of aryl methyl sites for hydroxylation is 2. The predicted octanol–water partition coefficient (Wildman–Crippen LogP) is 7.05. The van der Waals surface area contributed by atoms with Gasteiger partial charge in [0.1, 0.15) is 0 Å². The molecule has 6 rings (SSSR count). The molecule has 2 aliphatic carbocycles. The Morgan fingerprint density at radius 1 is 1.00 bits per heavy atom. The number of rotatable bonds is 8. The molecule has 2 saturated carbocycles. The van der Waals surface area contributed by atoms with E-state index in [1.807, 2.05) is 75.4 Å². The van der Waals surface area contributed by atoms with Crippen molar-refractivity contribution >= 4 is 17.6 Å². The third kappa shape index (κ3) is 4.74. The standard InChI is InChI=1S/C37H45N3O3/c1-23(2)43-31(41)19-29-24(3)39-25(4)32(33(29)40-21-30-35(5,6)37(30)18-17-36(37,7)22-40)27-13-15-28(16-14-27)34(42)38-20-26-11-9-8-10-12-26/h8-16,23,30H,17-22H2,1-7H3,(H,38,42). The van der Waals surface area contributed by atoms with Crippen LogP contribution in [0.5, 0.6) is 0 Å². The molecule has 1 amide bonds. The normalized spacial score (nSPS) is 24.9. The van der Waals surface area contributed by atoms with Crippen molar-refractivity contribution in [2.24, 2.45) is 22.2 Å². The maximum Gasteiger partial charge on any atom is 0.310 e. The van der Waals surface area contributed by atoms with Gasteiger partial charge in [0, 0.05) is 47.7 Å². The van der Waals surface area contributed by atoms with Crippen molar-refractivity contribution in [3.05, 3.63) is 82.7 Å². The summed E-state index contributed by atoms with van der Waals surface area (Å²) >= 11 is 0. The molecule has 2 aromatic carbocycles. The van der Waals surface area contributed by atoms with Gasteiger partial charge in [-0.25, -0.2) is 0 Å². The molecule has 226 valence electrons. The average Bonchev–Trinajstić information content (AvgIpc) is 3.48.